The van der Waals surface area contributed by atoms with Gasteiger partial charge in [0.05, 0.1) is 10.3 Å². The highest BCUT2D eigenvalue weighted by Crippen LogP contribution is 2.60. The normalized spacial score (nSPS) is 33.8. The second-order valence-electron chi connectivity index (χ2n) is 10.6. The topological polar surface area (TPSA) is 66.5 Å². The molecule has 5 nitrogen and oxygen atoms in total. The lowest BCUT2D eigenvalue weighted by Gasteiger charge is -2.57. The van der Waals surface area contributed by atoms with Gasteiger partial charge in [0, 0.05) is 19.1 Å². The van der Waals surface area contributed by atoms with Crippen molar-refractivity contribution in [1.82, 2.24) is 9.62 Å². The third-order valence-electron chi connectivity index (χ3n) is 8.38. The minimum atomic E-state index is -3.53. The van der Waals surface area contributed by atoms with Crippen molar-refractivity contribution in [2.75, 3.05) is 13.1 Å². The molecule has 1 aromatic carbocycles. The number of aryl methyl sites for hydroxylation is 2. The van der Waals surface area contributed by atoms with Crippen LogP contribution in [0.3, 0.4) is 0 Å². The molecular formula is C24H34N2O3S. The standard InChI is InChI=1S/C24H34N2O3S/c1-16-3-4-22(9-17(16)2)30(28,29)25-21-5-7-26(8-6-21)23(27)24-13-18-10-19(14-24)12-20(11-18)15-24/h3-4,9,18-21,25H,5-8,10-15H2,1-2H3. The summed E-state index contributed by atoms with van der Waals surface area (Å²) in [7, 11) is -3.53. The lowest BCUT2D eigenvalue weighted by molar-refractivity contribution is -0.158. The fraction of sp³-hybridized carbons (Fsp3) is 0.708. The molecule has 6 heteroatoms. The van der Waals surface area contributed by atoms with E-state index >= 15 is 0 Å². The number of nitrogens with zero attached hydrogens (tertiary/aromatic N) is 1. The summed E-state index contributed by atoms with van der Waals surface area (Å²) in [6.45, 7) is 5.25. The van der Waals surface area contributed by atoms with Gasteiger partial charge >= 0.3 is 0 Å². The zero-order valence-electron chi connectivity index (χ0n) is 18.2. The summed E-state index contributed by atoms with van der Waals surface area (Å²) in [4.78, 5) is 15.9. The Hall–Kier alpha value is -1.40. The minimum absolute atomic E-state index is 0.0967. The van der Waals surface area contributed by atoms with Gasteiger partial charge in [0.15, 0.2) is 0 Å². The van der Waals surface area contributed by atoms with Gasteiger partial charge < -0.3 is 4.90 Å². The van der Waals surface area contributed by atoms with Gasteiger partial charge in [0.25, 0.3) is 0 Å². The molecule has 6 rings (SSSR count). The largest absolute Gasteiger partial charge is 0.342 e. The quantitative estimate of drug-likeness (QED) is 0.790. The molecule has 5 fully saturated rings. The van der Waals surface area contributed by atoms with Gasteiger partial charge in [0.2, 0.25) is 15.9 Å². The molecule has 0 radical (unpaired) electrons. The van der Waals surface area contributed by atoms with Crippen LogP contribution in [0.25, 0.3) is 0 Å². The van der Waals surface area contributed by atoms with E-state index in [2.05, 4.69) is 4.72 Å². The molecule has 1 N–H and O–H groups in total. The summed E-state index contributed by atoms with van der Waals surface area (Å²) in [6.07, 6.45) is 8.70. The molecule has 1 amide bonds. The Bertz CT molecular complexity index is 912. The summed E-state index contributed by atoms with van der Waals surface area (Å²) in [5.74, 6) is 2.67. The average molecular weight is 431 g/mol. The van der Waals surface area contributed by atoms with E-state index in [-0.39, 0.29) is 11.5 Å². The molecule has 1 saturated heterocycles. The van der Waals surface area contributed by atoms with Crippen molar-refractivity contribution in [3.8, 4) is 0 Å². The monoisotopic (exact) mass is 430 g/mol. The maximum atomic E-state index is 13.5. The van der Waals surface area contributed by atoms with E-state index in [0.717, 1.165) is 48.1 Å². The number of nitrogens with one attached hydrogen (secondary N) is 1. The second-order valence-corrected chi connectivity index (χ2v) is 12.3. The molecule has 4 aliphatic carbocycles. The third-order valence-corrected chi connectivity index (χ3v) is 9.90. The van der Waals surface area contributed by atoms with Crippen molar-refractivity contribution in [2.24, 2.45) is 23.2 Å². The highest BCUT2D eigenvalue weighted by molar-refractivity contribution is 7.89. The van der Waals surface area contributed by atoms with E-state index in [0.29, 0.717) is 36.7 Å². The highest BCUT2D eigenvalue weighted by Gasteiger charge is 2.55. The number of hydrogen-bond donors (Lipinski definition) is 1. The van der Waals surface area contributed by atoms with Crippen LogP contribution in [-0.4, -0.2) is 38.4 Å². The molecule has 4 bridgehead atoms. The lowest BCUT2D eigenvalue weighted by atomic mass is 9.49. The zero-order valence-corrected chi connectivity index (χ0v) is 19.0. The number of rotatable bonds is 4. The Morgan fingerprint density at radius 2 is 1.53 bits per heavy atom. The van der Waals surface area contributed by atoms with Gasteiger partial charge in [-0.1, -0.05) is 6.07 Å². The van der Waals surface area contributed by atoms with E-state index in [1.165, 1.54) is 19.3 Å². The Kier molecular flexibility index (Phi) is 5.01. The van der Waals surface area contributed by atoms with Gasteiger partial charge in [0.1, 0.15) is 0 Å². The van der Waals surface area contributed by atoms with Gasteiger partial charge in [-0.05, 0) is 106 Å². The molecular weight excluding hydrogens is 396 g/mol. The SMILES string of the molecule is Cc1ccc(S(=O)(=O)NC2CCN(C(=O)C34CC5CC(CC(C5)C3)C4)CC2)cc1C. The van der Waals surface area contributed by atoms with E-state index < -0.39 is 10.0 Å². The summed E-state index contributed by atoms with van der Waals surface area (Å²) in [6, 6.07) is 5.17. The van der Waals surface area contributed by atoms with Crippen LogP contribution in [0.4, 0.5) is 0 Å². The predicted octanol–water partition coefficient (Wildman–Crippen LogP) is 3.79. The van der Waals surface area contributed by atoms with Crippen LogP contribution in [0.2, 0.25) is 0 Å². The van der Waals surface area contributed by atoms with Crippen molar-refractivity contribution in [2.45, 2.75) is 76.2 Å². The molecule has 30 heavy (non-hydrogen) atoms. The van der Waals surface area contributed by atoms with Crippen LogP contribution in [0, 0.1) is 37.0 Å². The van der Waals surface area contributed by atoms with Crippen LogP contribution in [0.15, 0.2) is 23.1 Å². The number of carbonyl (C=O) groups is 1. The molecule has 5 aliphatic rings. The molecule has 1 aliphatic heterocycles. The number of likely N-dealkylation sites (tertiary alicyclic amines) is 1. The summed E-state index contributed by atoms with van der Waals surface area (Å²) in [5, 5.41) is 0. The van der Waals surface area contributed by atoms with Crippen LogP contribution in [0.5, 0.6) is 0 Å². The maximum absolute atomic E-state index is 13.5. The number of benzene rings is 1. The smallest absolute Gasteiger partial charge is 0.240 e. The Balaban J connectivity index is 1.21. The fourth-order valence-electron chi connectivity index (χ4n) is 7.08. The van der Waals surface area contributed by atoms with Gasteiger partial charge in [-0.15, -0.1) is 0 Å². The first-order valence-corrected chi connectivity index (χ1v) is 13.1. The number of amides is 1. The molecule has 1 heterocycles. The Morgan fingerprint density at radius 3 is 2.07 bits per heavy atom. The first-order chi connectivity index (χ1) is 14.2. The third kappa shape index (κ3) is 3.60. The van der Waals surface area contributed by atoms with Crippen LogP contribution in [-0.2, 0) is 14.8 Å². The minimum Gasteiger partial charge on any atom is -0.342 e. The van der Waals surface area contributed by atoms with Gasteiger partial charge in [-0.3, -0.25) is 4.79 Å². The van der Waals surface area contributed by atoms with Crippen LogP contribution >= 0.6 is 0 Å². The number of sulfonamides is 1. The first-order valence-electron chi connectivity index (χ1n) is 11.6. The van der Waals surface area contributed by atoms with Crippen molar-refractivity contribution < 1.29 is 13.2 Å². The van der Waals surface area contributed by atoms with Crippen molar-refractivity contribution >= 4 is 15.9 Å². The van der Waals surface area contributed by atoms with Crippen LogP contribution < -0.4 is 4.72 Å². The van der Waals surface area contributed by atoms with Gasteiger partial charge in [-0.2, -0.15) is 0 Å². The van der Waals surface area contributed by atoms with Gasteiger partial charge in [-0.25, -0.2) is 13.1 Å². The van der Waals surface area contributed by atoms with E-state index in [1.54, 1.807) is 12.1 Å². The summed E-state index contributed by atoms with van der Waals surface area (Å²) in [5.41, 5.74) is 1.97. The van der Waals surface area contributed by atoms with Crippen molar-refractivity contribution in [1.29, 1.82) is 0 Å². The van der Waals surface area contributed by atoms with E-state index in [1.807, 2.05) is 24.8 Å². The first kappa shape index (κ1) is 20.5. The van der Waals surface area contributed by atoms with E-state index in [9.17, 15) is 13.2 Å². The highest BCUT2D eigenvalue weighted by atomic mass is 32.2. The van der Waals surface area contributed by atoms with E-state index in [4.69, 9.17) is 0 Å². The second kappa shape index (κ2) is 7.33. The van der Waals surface area contributed by atoms with Crippen molar-refractivity contribution in [3.05, 3.63) is 29.3 Å². The van der Waals surface area contributed by atoms with Crippen molar-refractivity contribution in [3.63, 3.8) is 0 Å². The molecule has 1 aromatic rings. The number of hydrogen-bond acceptors (Lipinski definition) is 3. The molecule has 164 valence electrons. The summed E-state index contributed by atoms with van der Waals surface area (Å²) >= 11 is 0. The molecule has 0 unspecified atom stereocenters. The summed E-state index contributed by atoms with van der Waals surface area (Å²) < 4.78 is 28.5. The molecule has 0 aromatic heterocycles. The number of piperidine rings is 1. The predicted molar refractivity (Wildman–Crippen MR) is 116 cm³/mol. The van der Waals surface area contributed by atoms with Crippen LogP contribution in [0.1, 0.15) is 62.5 Å². The molecule has 4 saturated carbocycles. The Morgan fingerprint density at radius 1 is 0.967 bits per heavy atom. The zero-order chi connectivity index (χ0) is 21.1. The average Bonchev–Trinajstić information content (AvgIpc) is 2.69. The Labute approximate surface area is 180 Å². The molecule has 0 atom stereocenters. The lowest BCUT2D eigenvalue weighted by Crippen LogP contribution is -2.56. The fourth-order valence-corrected chi connectivity index (χ4v) is 8.47. The maximum Gasteiger partial charge on any atom is 0.240 e. The molecule has 0 spiro atoms. The number of carbonyl (C=O) groups excluding carboxylic acids is 1.